The van der Waals surface area contributed by atoms with Crippen molar-refractivity contribution in [2.24, 2.45) is 0 Å². The molecule has 0 atom stereocenters. The normalized spacial score (nSPS) is 16.3. The van der Waals surface area contributed by atoms with Crippen molar-refractivity contribution < 1.29 is 14.6 Å². The Morgan fingerprint density at radius 1 is 1.53 bits per heavy atom. The summed E-state index contributed by atoms with van der Waals surface area (Å²) in [5.41, 5.74) is 1.38. The molecule has 1 aromatic carbocycles. The summed E-state index contributed by atoms with van der Waals surface area (Å²) < 4.78 is 5.15. The summed E-state index contributed by atoms with van der Waals surface area (Å²) in [4.78, 5) is 12.7. The molecular weight excluding hydrogens is 220 g/mol. The van der Waals surface area contributed by atoms with Crippen LogP contribution < -0.4 is 15.0 Å². The van der Waals surface area contributed by atoms with Crippen LogP contribution in [0.25, 0.3) is 0 Å². The zero-order chi connectivity index (χ0) is 12.6. The molecule has 2 N–H and O–H groups in total. The molecule has 0 unspecified atom stereocenters. The number of nitrogens with zero attached hydrogens (tertiary/aromatic N) is 1. The van der Waals surface area contributed by atoms with Crippen molar-refractivity contribution in [1.82, 2.24) is 0 Å². The summed E-state index contributed by atoms with van der Waals surface area (Å²) in [6, 6.07) is 5.58. The molecule has 0 radical (unpaired) electrons. The number of rotatable bonds is 3. The van der Waals surface area contributed by atoms with Crippen LogP contribution in [-0.2, 0) is 4.79 Å². The van der Waals surface area contributed by atoms with E-state index < -0.39 is 11.6 Å². The van der Waals surface area contributed by atoms with Gasteiger partial charge in [-0.05, 0) is 26.0 Å². The SMILES string of the molecule is COc1ccc2c(c1)NC(C)(C)N2CC(=O)O. The maximum atomic E-state index is 10.9. The first kappa shape index (κ1) is 11.6. The van der Waals surface area contributed by atoms with Crippen LogP contribution in [0.4, 0.5) is 11.4 Å². The summed E-state index contributed by atoms with van der Waals surface area (Å²) in [6.07, 6.45) is 0. The number of carboxylic acids is 1. The molecule has 1 heterocycles. The van der Waals surface area contributed by atoms with E-state index in [1.165, 1.54) is 0 Å². The fourth-order valence-corrected chi connectivity index (χ4v) is 2.09. The molecule has 5 nitrogen and oxygen atoms in total. The monoisotopic (exact) mass is 236 g/mol. The van der Waals surface area contributed by atoms with Gasteiger partial charge in [-0.25, -0.2) is 0 Å². The zero-order valence-electron chi connectivity index (χ0n) is 10.2. The highest BCUT2D eigenvalue weighted by Crippen LogP contribution is 2.41. The van der Waals surface area contributed by atoms with Crippen LogP contribution in [0.15, 0.2) is 18.2 Å². The van der Waals surface area contributed by atoms with E-state index in [9.17, 15) is 4.79 Å². The summed E-state index contributed by atoms with van der Waals surface area (Å²) in [5, 5.41) is 12.2. The first-order chi connectivity index (χ1) is 7.94. The molecule has 0 aliphatic carbocycles. The number of benzene rings is 1. The van der Waals surface area contributed by atoms with Crippen molar-refractivity contribution in [3.8, 4) is 5.75 Å². The van der Waals surface area contributed by atoms with Gasteiger partial charge >= 0.3 is 5.97 Å². The highest BCUT2D eigenvalue weighted by Gasteiger charge is 2.36. The van der Waals surface area contributed by atoms with E-state index in [4.69, 9.17) is 9.84 Å². The van der Waals surface area contributed by atoms with E-state index in [2.05, 4.69) is 5.32 Å². The maximum absolute atomic E-state index is 10.9. The number of fused-ring (bicyclic) bond motifs is 1. The van der Waals surface area contributed by atoms with Gasteiger partial charge in [-0.3, -0.25) is 4.79 Å². The van der Waals surface area contributed by atoms with Crippen LogP contribution in [0.3, 0.4) is 0 Å². The molecule has 0 aromatic heterocycles. The van der Waals surface area contributed by atoms with Gasteiger partial charge in [0.15, 0.2) is 0 Å². The predicted octanol–water partition coefficient (Wildman–Crippen LogP) is 1.75. The lowest BCUT2D eigenvalue weighted by atomic mass is 10.2. The lowest BCUT2D eigenvalue weighted by Crippen LogP contribution is -2.47. The minimum atomic E-state index is -0.844. The minimum absolute atomic E-state index is 0.0284. The largest absolute Gasteiger partial charge is 0.497 e. The Kier molecular flexibility index (Phi) is 2.61. The predicted molar refractivity (Wildman–Crippen MR) is 65.7 cm³/mol. The van der Waals surface area contributed by atoms with E-state index in [-0.39, 0.29) is 6.54 Å². The molecule has 0 fully saturated rings. The number of anilines is 2. The fraction of sp³-hybridized carbons (Fsp3) is 0.417. The Hall–Kier alpha value is -1.91. The Balaban J connectivity index is 2.39. The van der Waals surface area contributed by atoms with Crippen molar-refractivity contribution in [2.75, 3.05) is 23.9 Å². The smallest absolute Gasteiger partial charge is 0.323 e. The number of carboxylic acid groups (broad SMARTS) is 1. The van der Waals surface area contributed by atoms with Crippen LogP contribution in [-0.4, -0.2) is 30.4 Å². The molecule has 0 saturated heterocycles. The van der Waals surface area contributed by atoms with Crippen molar-refractivity contribution in [3.05, 3.63) is 18.2 Å². The van der Waals surface area contributed by atoms with Gasteiger partial charge in [0.2, 0.25) is 0 Å². The number of aliphatic carboxylic acids is 1. The van der Waals surface area contributed by atoms with E-state index in [1.54, 1.807) is 7.11 Å². The average Bonchev–Trinajstić information content (AvgIpc) is 2.48. The minimum Gasteiger partial charge on any atom is -0.497 e. The maximum Gasteiger partial charge on any atom is 0.323 e. The third-order valence-electron chi connectivity index (χ3n) is 2.90. The number of carbonyl (C=O) groups is 1. The van der Waals surface area contributed by atoms with Gasteiger partial charge in [0.1, 0.15) is 18.0 Å². The molecule has 0 amide bonds. The molecule has 0 spiro atoms. The lowest BCUT2D eigenvalue weighted by Gasteiger charge is -2.32. The van der Waals surface area contributed by atoms with Crippen LogP contribution in [0, 0.1) is 0 Å². The van der Waals surface area contributed by atoms with Gasteiger partial charge in [0.05, 0.1) is 18.5 Å². The summed E-state index contributed by atoms with van der Waals surface area (Å²) in [7, 11) is 1.61. The second-order valence-corrected chi connectivity index (χ2v) is 4.55. The van der Waals surface area contributed by atoms with E-state index in [0.29, 0.717) is 0 Å². The molecule has 1 aromatic rings. The van der Waals surface area contributed by atoms with Gasteiger partial charge in [-0.15, -0.1) is 0 Å². The van der Waals surface area contributed by atoms with Gasteiger partial charge in [0, 0.05) is 6.07 Å². The second-order valence-electron chi connectivity index (χ2n) is 4.55. The fourth-order valence-electron chi connectivity index (χ4n) is 2.09. The first-order valence-electron chi connectivity index (χ1n) is 5.40. The first-order valence-corrected chi connectivity index (χ1v) is 5.40. The van der Waals surface area contributed by atoms with Crippen molar-refractivity contribution in [2.45, 2.75) is 19.5 Å². The number of nitrogens with one attached hydrogen (secondary N) is 1. The number of methoxy groups -OCH3 is 1. The van der Waals surface area contributed by atoms with Gasteiger partial charge < -0.3 is 20.1 Å². The van der Waals surface area contributed by atoms with Gasteiger partial charge in [-0.1, -0.05) is 0 Å². The van der Waals surface area contributed by atoms with Gasteiger partial charge in [-0.2, -0.15) is 0 Å². The zero-order valence-corrected chi connectivity index (χ0v) is 10.2. The molecule has 0 saturated carbocycles. The Labute approximate surface area is 100.0 Å². The van der Waals surface area contributed by atoms with Crippen LogP contribution in [0.1, 0.15) is 13.8 Å². The molecule has 2 rings (SSSR count). The lowest BCUT2D eigenvalue weighted by molar-refractivity contribution is -0.135. The van der Waals surface area contributed by atoms with Gasteiger partial charge in [0.25, 0.3) is 0 Å². The highest BCUT2D eigenvalue weighted by molar-refractivity contribution is 5.84. The standard InChI is InChI=1S/C12H16N2O3/c1-12(2)13-9-6-8(17-3)4-5-10(9)14(12)7-11(15)16/h4-6,13H,7H2,1-3H3,(H,15,16). The van der Waals surface area contributed by atoms with E-state index in [0.717, 1.165) is 17.1 Å². The molecule has 5 heteroatoms. The number of hydrogen-bond acceptors (Lipinski definition) is 4. The highest BCUT2D eigenvalue weighted by atomic mass is 16.5. The molecule has 1 aliphatic heterocycles. The van der Waals surface area contributed by atoms with Crippen molar-refractivity contribution in [1.29, 1.82) is 0 Å². The molecular formula is C12H16N2O3. The second kappa shape index (κ2) is 3.84. The van der Waals surface area contributed by atoms with E-state index >= 15 is 0 Å². The number of ether oxygens (including phenoxy) is 1. The Bertz CT molecular complexity index is 457. The Morgan fingerprint density at radius 3 is 2.82 bits per heavy atom. The van der Waals surface area contributed by atoms with Crippen LogP contribution in [0.5, 0.6) is 5.75 Å². The van der Waals surface area contributed by atoms with Crippen molar-refractivity contribution in [3.63, 3.8) is 0 Å². The third kappa shape index (κ3) is 2.00. The Morgan fingerprint density at radius 2 is 2.24 bits per heavy atom. The van der Waals surface area contributed by atoms with Crippen LogP contribution in [0.2, 0.25) is 0 Å². The topological polar surface area (TPSA) is 61.8 Å². The molecule has 0 bridgehead atoms. The molecule has 92 valence electrons. The van der Waals surface area contributed by atoms with Crippen LogP contribution >= 0.6 is 0 Å². The quantitative estimate of drug-likeness (QED) is 0.837. The third-order valence-corrected chi connectivity index (χ3v) is 2.90. The summed E-state index contributed by atoms with van der Waals surface area (Å²) in [5.74, 6) is -0.0900. The van der Waals surface area contributed by atoms with Crippen molar-refractivity contribution >= 4 is 17.3 Å². The summed E-state index contributed by atoms with van der Waals surface area (Å²) in [6.45, 7) is 3.87. The molecule has 17 heavy (non-hydrogen) atoms. The average molecular weight is 236 g/mol. The number of hydrogen-bond donors (Lipinski definition) is 2. The molecule has 1 aliphatic rings. The van der Waals surface area contributed by atoms with E-state index in [1.807, 2.05) is 36.9 Å². The summed E-state index contributed by atoms with van der Waals surface area (Å²) >= 11 is 0.